The number of carbonyl (C=O) groups excluding carboxylic acids is 3. The summed E-state index contributed by atoms with van der Waals surface area (Å²) in [5.41, 5.74) is 3.35. The van der Waals surface area contributed by atoms with E-state index in [1.165, 1.54) is 0 Å². The number of amides is 3. The summed E-state index contributed by atoms with van der Waals surface area (Å²) < 4.78 is 5.49. The van der Waals surface area contributed by atoms with Gasteiger partial charge in [-0.05, 0) is 96.4 Å². The number of carbonyl (C=O) groups is 3. The van der Waals surface area contributed by atoms with Gasteiger partial charge in [0.25, 0.3) is 5.91 Å². The van der Waals surface area contributed by atoms with E-state index in [9.17, 15) is 14.4 Å². The lowest BCUT2D eigenvalue weighted by molar-refractivity contribution is -0.145. The summed E-state index contributed by atoms with van der Waals surface area (Å²) in [4.78, 5) is 43.1. The highest BCUT2D eigenvalue weighted by molar-refractivity contribution is 7.98. The zero-order chi connectivity index (χ0) is 29.6. The first kappa shape index (κ1) is 31.8. The van der Waals surface area contributed by atoms with Gasteiger partial charge in [-0.2, -0.15) is 11.8 Å². The predicted molar refractivity (Wildman–Crippen MR) is 164 cm³/mol. The van der Waals surface area contributed by atoms with Crippen LogP contribution >= 0.6 is 23.4 Å². The summed E-state index contributed by atoms with van der Waals surface area (Å²) in [5.74, 6) is 0.0198. The maximum absolute atomic E-state index is 14.4. The van der Waals surface area contributed by atoms with Crippen molar-refractivity contribution in [2.24, 2.45) is 0 Å². The Balaban J connectivity index is 2.07. The molecule has 3 amide bonds. The Hall–Kier alpha value is -2.71. The molecule has 0 spiro atoms. The average molecular weight is 588 g/mol. The maximum Gasteiger partial charge on any atom is 0.408 e. The fourth-order valence-electron chi connectivity index (χ4n) is 4.89. The molecule has 218 valence electrons. The molecule has 9 heteroatoms. The molecule has 2 aromatic rings. The molecule has 2 aromatic carbocycles. The van der Waals surface area contributed by atoms with Gasteiger partial charge in [0, 0.05) is 6.04 Å². The molecule has 1 saturated carbocycles. The largest absolute Gasteiger partial charge is 0.444 e. The minimum Gasteiger partial charge on any atom is -0.444 e. The van der Waals surface area contributed by atoms with Crippen molar-refractivity contribution in [1.82, 2.24) is 10.2 Å². The van der Waals surface area contributed by atoms with Crippen LogP contribution in [0.1, 0.15) is 74.8 Å². The van der Waals surface area contributed by atoms with Crippen molar-refractivity contribution in [3.63, 3.8) is 0 Å². The van der Waals surface area contributed by atoms with Crippen molar-refractivity contribution >= 4 is 47.0 Å². The van der Waals surface area contributed by atoms with Crippen molar-refractivity contribution in [3.8, 4) is 0 Å². The van der Waals surface area contributed by atoms with Gasteiger partial charge in [0.05, 0.1) is 10.7 Å². The Labute approximate surface area is 247 Å². The number of thioether (sulfide) groups is 1. The number of rotatable bonds is 10. The van der Waals surface area contributed by atoms with Gasteiger partial charge in [-0.15, -0.1) is 0 Å². The first-order valence-electron chi connectivity index (χ1n) is 13.8. The van der Waals surface area contributed by atoms with E-state index in [0.717, 1.165) is 41.5 Å². The number of alkyl carbamates (subject to hydrolysis) is 1. The summed E-state index contributed by atoms with van der Waals surface area (Å²) in [5, 5.41) is 6.27. The number of para-hydroxylation sites is 1. The Bertz CT molecular complexity index is 1190. The lowest BCUT2D eigenvalue weighted by atomic mass is 9.87. The highest BCUT2D eigenvalue weighted by Crippen LogP contribution is 2.36. The van der Waals surface area contributed by atoms with Crippen LogP contribution in [0, 0.1) is 20.8 Å². The fourth-order valence-corrected chi connectivity index (χ4v) is 5.63. The van der Waals surface area contributed by atoms with Gasteiger partial charge >= 0.3 is 6.09 Å². The molecular formula is C31H42ClN3O4S. The second kappa shape index (κ2) is 13.8. The third-order valence-corrected chi connectivity index (χ3v) is 7.84. The highest BCUT2D eigenvalue weighted by atomic mass is 35.5. The van der Waals surface area contributed by atoms with E-state index < -0.39 is 23.8 Å². The minimum atomic E-state index is -0.913. The lowest BCUT2D eigenvalue weighted by Crippen LogP contribution is -2.57. The first-order valence-corrected chi connectivity index (χ1v) is 15.5. The molecule has 0 saturated heterocycles. The third-order valence-electron chi connectivity index (χ3n) is 6.88. The van der Waals surface area contributed by atoms with Crippen molar-refractivity contribution in [2.75, 3.05) is 17.3 Å². The van der Waals surface area contributed by atoms with Crippen LogP contribution in [0.15, 0.2) is 36.4 Å². The molecular weight excluding hydrogens is 546 g/mol. The van der Waals surface area contributed by atoms with E-state index in [2.05, 4.69) is 10.6 Å². The standard InChI is InChI=1S/C31H42ClN3O4S/c1-19-16-20(2)18-22(17-19)27(28(36)34-26-21(3)10-8-13-24(26)32)35(23-11-9-12-23)29(37)25(14-15-40-7)33-30(38)39-31(4,5)6/h8,10,13,16-18,23,25,27H,9,11-12,14-15H2,1-7H3,(H,33,38)(H,34,36). The molecule has 40 heavy (non-hydrogen) atoms. The number of nitrogens with zero attached hydrogens (tertiary/aromatic N) is 1. The Morgan fingerprint density at radius 3 is 2.27 bits per heavy atom. The van der Waals surface area contributed by atoms with Gasteiger partial charge in [-0.3, -0.25) is 9.59 Å². The third kappa shape index (κ3) is 8.40. The van der Waals surface area contributed by atoms with E-state index in [0.29, 0.717) is 22.9 Å². The van der Waals surface area contributed by atoms with Gasteiger partial charge in [0.15, 0.2) is 0 Å². The molecule has 0 aliphatic heterocycles. The molecule has 1 fully saturated rings. The number of benzene rings is 2. The number of nitrogens with one attached hydrogen (secondary N) is 2. The monoisotopic (exact) mass is 587 g/mol. The van der Waals surface area contributed by atoms with Crippen LogP contribution in [0.4, 0.5) is 10.5 Å². The number of ether oxygens (including phenoxy) is 1. The molecule has 7 nitrogen and oxygen atoms in total. The Morgan fingerprint density at radius 2 is 1.75 bits per heavy atom. The van der Waals surface area contributed by atoms with Crippen molar-refractivity contribution < 1.29 is 19.1 Å². The minimum absolute atomic E-state index is 0.131. The van der Waals surface area contributed by atoms with E-state index in [1.807, 2.05) is 57.4 Å². The van der Waals surface area contributed by atoms with Crippen molar-refractivity contribution in [3.05, 3.63) is 63.7 Å². The number of hydrogen-bond donors (Lipinski definition) is 2. The Kier molecular flexibility index (Phi) is 11.0. The van der Waals surface area contributed by atoms with Gasteiger partial charge in [0.1, 0.15) is 17.7 Å². The lowest BCUT2D eigenvalue weighted by Gasteiger charge is -2.43. The van der Waals surface area contributed by atoms with Crippen LogP contribution in [0.25, 0.3) is 0 Å². The van der Waals surface area contributed by atoms with Gasteiger partial charge in [0.2, 0.25) is 5.91 Å². The quantitative estimate of drug-likeness (QED) is 0.313. The van der Waals surface area contributed by atoms with Gasteiger partial charge in [-0.1, -0.05) is 53.1 Å². The predicted octanol–water partition coefficient (Wildman–Crippen LogP) is 6.97. The van der Waals surface area contributed by atoms with Crippen molar-refractivity contribution in [2.45, 2.75) is 91.0 Å². The second-order valence-corrected chi connectivity index (χ2v) is 12.9. The molecule has 2 N–H and O–H groups in total. The summed E-state index contributed by atoms with van der Waals surface area (Å²) in [6.07, 6.45) is 4.25. The summed E-state index contributed by atoms with van der Waals surface area (Å²) >= 11 is 8.07. The van der Waals surface area contributed by atoms with E-state index >= 15 is 0 Å². The van der Waals surface area contributed by atoms with Crippen LogP contribution in [0.2, 0.25) is 5.02 Å². The first-order chi connectivity index (χ1) is 18.8. The normalized spacial score (nSPS) is 15.0. The molecule has 0 heterocycles. The van der Waals surface area contributed by atoms with Crippen LogP contribution in [-0.4, -0.2) is 52.5 Å². The average Bonchev–Trinajstić information content (AvgIpc) is 2.80. The topological polar surface area (TPSA) is 87.7 Å². The summed E-state index contributed by atoms with van der Waals surface area (Å²) in [6, 6.07) is 9.50. The molecule has 3 rings (SSSR count). The molecule has 0 radical (unpaired) electrons. The fraction of sp³-hybridized carbons (Fsp3) is 0.516. The molecule has 1 aliphatic carbocycles. The smallest absolute Gasteiger partial charge is 0.408 e. The molecule has 2 atom stereocenters. The van der Waals surface area contributed by atoms with Gasteiger partial charge < -0.3 is 20.3 Å². The number of anilines is 1. The highest BCUT2D eigenvalue weighted by Gasteiger charge is 2.42. The summed E-state index contributed by atoms with van der Waals surface area (Å²) in [6.45, 7) is 11.2. The molecule has 2 unspecified atom stereocenters. The second-order valence-electron chi connectivity index (χ2n) is 11.6. The van der Waals surface area contributed by atoms with Crippen LogP contribution in [0.5, 0.6) is 0 Å². The molecule has 1 aliphatic rings. The van der Waals surface area contributed by atoms with E-state index in [1.54, 1.807) is 43.5 Å². The van der Waals surface area contributed by atoms with Crippen molar-refractivity contribution in [1.29, 1.82) is 0 Å². The summed E-state index contributed by atoms with van der Waals surface area (Å²) in [7, 11) is 0. The SMILES string of the molecule is CSCCC(NC(=O)OC(C)(C)C)C(=O)N(C1CCC1)C(C(=O)Nc1c(C)cccc1Cl)c1cc(C)cc(C)c1. The molecule has 0 bridgehead atoms. The van der Waals surface area contributed by atoms with Crippen LogP contribution < -0.4 is 10.6 Å². The molecule has 0 aromatic heterocycles. The van der Waals surface area contributed by atoms with Crippen LogP contribution in [-0.2, 0) is 14.3 Å². The number of halogens is 1. The number of aryl methyl sites for hydroxylation is 3. The Morgan fingerprint density at radius 1 is 1.10 bits per heavy atom. The number of hydrogen-bond acceptors (Lipinski definition) is 5. The van der Waals surface area contributed by atoms with E-state index in [-0.39, 0.29) is 17.9 Å². The van der Waals surface area contributed by atoms with Gasteiger partial charge in [-0.25, -0.2) is 4.79 Å². The maximum atomic E-state index is 14.4. The zero-order valence-corrected chi connectivity index (χ0v) is 26.2. The van der Waals surface area contributed by atoms with Crippen LogP contribution in [0.3, 0.4) is 0 Å². The van der Waals surface area contributed by atoms with E-state index in [4.69, 9.17) is 16.3 Å². The zero-order valence-electron chi connectivity index (χ0n) is 24.6.